The smallest absolute Gasteiger partial charge is 0.258 e. The van der Waals surface area contributed by atoms with E-state index in [1.54, 1.807) is 17.8 Å². The first-order chi connectivity index (χ1) is 16.4. The zero-order valence-electron chi connectivity index (χ0n) is 18.9. The molecule has 34 heavy (non-hydrogen) atoms. The van der Waals surface area contributed by atoms with Crippen molar-refractivity contribution < 1.29 is 4.79 Å². The highest BCUT2D eigenvalue weighted by molar-refractivity contribution is 7.99. The number of anilines is 1. The fourth-order valence-corrected chi connectivity index (χ4v) is 4.51. The highest BCUT2D eigenvalue weighted by Gasteiger charge is 2.17. The fraction of sp³-hybridized carbons (Fsp3) is 0.192. The summed E-state index contributed by atoms with van der Waals surface area (Å²) in [7, 11) is 0. The van der Waals surface area contributed by atoms with Crippen molar-refractivity contribution in [1.29, 1.82) is 0 Å². The Kier molecular flexibility index (Phi) is 7.67. The molecule has 0 atom stereocenters. The number of nitrogens with zero attached hydrogens (tertiary/aromatic N) is 2. The van der Waals surface area contributed by atoms with Crippen LogP contribution in [0.5, 0.6) is 0 Å². The van der Waals surface area contributed by atoms with Crippen molar-refractivity contribution in [3.63, 3.8) is 0 Å². The van der Waals surface area contributed by atoms with Gasteiger partial charge >= 0.3 is 0 Å². The number of carbonyl (C=O) groups is 1. The molecule has 0 saturated heterocycles. The molecule has 1 heterocycles. The molecule has 0 aliphatic carbocycles. The summed E-state index contributed by atoms with van der Waals surface area (Å²) in [5.74, 6) is 0.393. The van der Waals surface area contributed by atoms with Crippen molar-refractivity contribution in [3.05, 3.63) is 94.0 Å². The number of aromatic amines is 1. The van der Waals surface area contributed by atoms with Crippen molar-refractivity contribution >= 4 is 45.9 Å². The fourth-order valence-electron chi connectivity index (χ4n) is 3.49. The zero-order chi connectivity index (χ0) is 24.1. The van der Waals surface area contributed by atoms with E-state index in [0.717, 1.165) is 15.5 Å². The summed E-state index contributed by atoms with van der Waals surface area (Å²) < 4.78 is 0. The standard InChI is InChI=1S/C26H25ClN4O2S/c1-17(2)31(15-24-28-21-8-4-3-7-20(21)26(33)30-24)16-25(32)29-22-9-5-6-10-23(22)34-19-13-11-18(27)12-14-19/h3-14,17H,15-16H2,1-2H3,(H,29,32)(H,28,30,33). The van der Waals surface area contributed by atoms with Gasteiger partial charge in [-0.15, -0.1) is 0 Å². The van der Waals surface area contributed by atoms with E-state index in [2.05, 4.69) is 15.3 Å². The maximum absolute atomic E-state index is 13.0. The molecule has 6 nitrogen and oxygen atoms in total. The van der Waals surface area contributed by atoms with Crippen molar-refractivity contribution in [2.24, 2.45) is 0 Å². The molecule has 8 heteroatoms. The van der Waals surface area contributed by atoms with Gasteiger partial charge in [-0.3, -0.25) is 14.5 Å². The van der Waals surface area contributed by atoms with Gasteiger partial charge in [-0.05, 0) is 62.4 Å². The van der Waals surface area contributed by atoms with Crippen molar-refractivity contribution in [2.75, 3.05) is 11.9 Å². The Morgan fingerprint density at radius 1 is 1.06 bits per heavy atom. The predicted molar refractivity (Wildman–Crippen MR) is 139 cm³/mol. The SMILES string of the molecule is CC(C)N(CC(=O)Nc1ccccc1Sc1ccc(Cl)cc1)Cc1nc2ccccc2c(=O)[nH]1. The van der Waals surface area contributed by atoms with Crippen molar-refractivity contribution in [2.45, 2.75) is 36.2 Å². The summed E-state index contributed by atoms with van der Waals surface area (Å²) in [5.41, 5.74) is 1.21. The van der Waals surface area contributed by atoms with Gasteiger partial charge in [-0.25, -0.2) is 4.98 Å². The second kappa shape index (κ2) is 10.9. The van der Waals surface area contributed by atoms with E-state index in [1.807, 2.05) is 85.5 Å². The Labute approximate surface area is 207 Å². The zero-order valence-corrected chi connectivity index (χ0v) is 20.5. The average Bonchev–Trinajstić information content (AvgIpc) is 2.81. The summed E-state index contributed by atoms with van der Waals surface area (Å²) in [4.78, 5) is 36.8. The summed E-state index contributed by atoms with van der Waals surface area (Å²) in [6.45, 7) is 4.54. The second-order valence-corrected chi connectivity index (χ2v) is 9.68. The van der Waals surface area contributed by atoms with Gasteiger partial charge in [-0.1, -0.05) is 47.6 Å². The van der Waals surface area contributed by atoms with Crippen LogP contribution in [0.4, 0.5) is 5.69 Å². The first kappa shape index (κ1) is 24.0. The number of aromatic nitrogens is 2. The molecule has 4 rings (SSSR count). The molecule has 0 spiro atoms. The van der Waals surface area contributed by atoms with Crippen molar-refractivity contribution in [3.8, 4) is 0 Å². The van der Waals surface area contributed by atoms with Crippen LogP contribution in [0.15, 0.2) is 87.4 Å². The van der Waals surface area contributed by atoms with E-state index in [-0.39, 0.29) is 24.1 Å². The quantitative estimate of drug-likeness (QED) is 0.336. The molecule has 0 aliphatic rings. The lowest BCUT2D eigenvalue weighted by atomic mass is 10.2. The molecule has 0 fully saturated rings. The van der Waals surface area contributed by atoms with Gasteiger partial charge in [0.05, 0.1) is 29.7 Å². The monoisotopic (exact) mass is 492 g/mol. The van der Waals surface area contributed by atoms with Crippen LogP contribution in [0.3, 0.4) is 0 Å². The van der Waals surface area contributed by atoms with Gasteiger partial charge < -0.3 is 10.3 Å². The number of para-hydroxylation sites is 2. The van der Waals surface area contributed by atoms with Crippen LogP contribution in [-0.4, -0.2) is 33.4 Å². The molecule has 4 aromatic rings. The molecule has 0 radical (unpaired) electrons. The first-order valence-corrected chi connectivity index (χ1v) is 12.1. The molecule has 3 aromatic carbocycles. The van der Waals surface area contributed by atoms with E-state index < -0.39 is 0 Å². The second-order valence-electron chi connectivity index (χ2n) is 8.13. The van der Waals surface area contributed by atoms with E-state index >= 15 is 0 Å². The number of hydrogen-bond donors (Lipinski definition) is 2. The van der Waals surface area contributed by atoms with Crippen LogP contribution in [0.25, 0.3) is 10.9 Å². The summed E-state index contributed by atoms with van der Waals surface area (Å²) in [6, 6.07) is 22.6. The minimum absolute atomic E-state index is 0.0706. The van der Waals surface area contributed by atoms with Gasteiger partial charge in [-0.2, -0.15) is 0 Å². The lowest BCUT2D eigenvalue weighted by Crippen LogP contribution is -2.38. The lowest BCUT2D eigenvalue weighted by Gasteiger charge is -2.25. The third kappa shape index (κ3) is 6.05. The summed E-state index contributed by atoms with van der Waals surface area (Å²) >= 11 is 7.55. The van der Waals surface area contributed by atoms with Gasteiger partial charge in [0.25, 0.3) is 5.56 Å². The molecule has 174 valence electrons. The maximum Gasteiger partial charge on any atom is 0.258 e. The third-order valence-corrected chi connectivity index (χ3v) is 6.63. The van der Waals surface area contributed by atoms with Gasteiger partial charge in [0.2, 0.25) is 5.91 Å². The molecule has 1 aromatic heterocycles. The molecule has 2 N–H and O–H groups in total. The van der Waals surface area contributed by atoms with Gasteiger partial charge in [0.15, 0.2) is 0 Å². The van der Waals surface area contributed by atoms with Gasteiger partial charge in [0.1, 0.15) is 5.82 Å². The number of rotatable bonds is 8. The predicted octanol–water partition coefficient (Wildman–Crippen LogP) is 5.58. The Morgan fingerprint density at radius 3 is 2.53 bits per heavy atom. The van der Waals surface area contributed by atoms with Crippen LogP contribution in [0, 0.1) is 0 Å². The number of nitrogens with one attached hydrogen (secondary N) is 2. The van der Waals surface area contributed by atoms with Crippen LogP contribution in [0.2, 0.25) is 5.02 Å². The van der Waals surface area contributed by atoms with E-state index in [9.17, 15) is 9.59 Å². The topological polar surface area (TPSA) is 78.1 Å². The number of hydrogen-bond acceptors (Lipinski definition) is 5. The number of benzene rings is 3. The van der Waals surface area contributed by atoms with Crippen LogP contribution in [0.1, 0.15) is 19.7 Å². The number of halogens is 1. The maximum atomic E-state index is 13.0. The molecular weight excluding hydrogens is 468 g/mol. The minimum Gasteiger partial charge on any atom is -0.324 e. The summed E-state index contributed by atoms with van der Waals surface area (Å²) in [5, 5.41) is 4.27. The molecular formula is C26H25ClN4O2S. The van der Waals surface area contributed by atoms with Gasteiger partial charge in [0, 0.05) is 20.9 Å². The highest BCUT2D eigenvalue weighted by Crippen LogP contribution is 2.33. The number of amides is 1. The largest absolute Gasteiger partial charge is 0.324 e. The number of carbonyl (C=O) groups excluding carboxylic acids is 1. The Morgan fingerprint density at radius 2 is 1.76 bits per heavy atom. The van der Waals surface area contributed by atoms with E-state index in [0.29, 0.717) is 28.3 Å². The van der Waals surface area contributed by atoms with Crippen LogP contribution >= 0.6 is 23.4 Å². The molecule has 0 bridgehead atoms. The molecule has 0 unspecified atom stereocenters. The van der Waals surface area contributed by atoms with Crippen LogP contribution in [-0.2, 0) is 11.3 Å². The summed E-state index contributed by atoms with van der Waals surface area (Å²) in [6.07, 6.45) is 0. The minimum atomic E-state index is -0.179. The lowest BCUT2D eigenvalue weighted by molar-refractivity contribution is -0.117. The highest BCUT2D eigenvalue weighted by atomic mass is 35.5. The average molecular weight is 493 g/mol. The van der Waals surface area contributed by atoms with E-state index in [1.165, 1.54) is 0 Å². The number of H-pyrrole nitrogens is 1. The Balaban J connectivity index is 1.47. The van der Waals surface area contributed by atoms with E-state index in [4.69, 9.17) is 11.6 Å². The molecule has 0 saturated carbocycles. The number of fused-ring (bicyclic) bond motifs is 1. The Bertz CT molecular complexity index is 1360. The first-order valence-electron chi connectivity index (χ1n) is 10.9. The van der Waals surface area contributed by atoms with Crippen molar-refractivity contribution in [1.82, 2.24) is 14.9 Å². The molecule has 0 aliphatic heterocycles. The third-order valence-electron chi connectivity index (χ3n) is 5.29. The molecule has 1 amide bonds. The normalized spacial score (nSPS) is 11.3. The van der Waals surface area contributed by atoms with Crippen LogP contribution < -0.4 is 10.9 Å². The Hall–Kier alpha value is -3.13.